The predicted octanol–water partition coefficient (Wildman–Crippen LogP) is 3.18. The lowest BCUT2D eigenvalue weighted by atomic mass is 10.00. The zero-order chi connectivity index (χ0) is 21.2. The van der Waals surface area contributed by atoms with Crippen molar-refractivity contribution in [2.24, 2.45) is 4.99 Å². The van der Waals surface area contributed by atoms with Gasteiger partial charge in [0.05, 0.1) is 19.3 Å². The van der Waals surface area contributed by atoms with Gasteiger partial charge in [-0.1, -0.05) is 42.5 Å². The molecule has 1 aliphatic rings. The van der Waals surface area contributed by atoms with Crippen LogP contribution in [0, 0.1) is 0 Å². The number of rotatable bonds is 9. The van der Waals surface area contributed by atoms with E-state index in [9.17, 15) is 5.11 Å². The van der Waals surface area contributed by atoms with Crippen molar-refractivity contribution < 1.29 is 9.84 Å². The van der Waals surface area contributed by atoms with Crippen molar-refractivity contribution in [3.63, 3.8) is 0 Å². The fraction of sp³-hybridized carbons (Fsp3) is 0.458. The first kappa shape index (κ1) is 25.4. The number of fused-ring (bicyclic) bond motifs is 1. The molecular weight excluding hydrogens is 503 g/mol. The first-order valence-electron chi connectivity index (χ1n) is 10.9. The van der Waals surface area contributed by atoms with E-state index in [0.717, 1.165) is 37.4 Å². The van der Waals surface area contributed by atoms with E-state index in [1.807, 2.05) is 38.1 Å². The van der Waals surface area contributed by atoms with Crippen LogP contribution in [0.3, 0.4) is 0 Å². The van der Waals surface area contributed by atoms with E-state index in [4.69, 9.17) is 4.74 Å². The largest absolute Gasteiger partial charge is 0.494 e. The van der Waals surface area contributed by atoms with E-state index >= 15 is 0 Å². The summed E-state index contributed by atoms with van der Waals surface area (Å²) in [7, 11) is 0. The molecule has 1 heterocycles. The highest BCUT2D eigenvalue weighted by atomic mass is 127. The Labute approximate surface area is 203 Å². The second-order valence-corrected chi connectivity index (χ2v) is 7.52. The highest BCUT2D eigenvalue weighted by Crippen LogP contribution is 2.19. The van der Waals surface area contributed by atoms with Gasteiger partial charge in [-0.25, -0.2) is 4.99 Å². The molecule has 0 saturated carbocycles. The van der Waals surface area contributed by atoms with Crippen LogP contribution in [0.1, 0.15) is 30.5 Å². The van der Waals surface area contributed by atoms with Crippen LogP contribution in [-0.4, -0.2) is 54.9 Å². The summed E-state index contributed by atoms with van der Waals surface area (Å²) in [6, 6.07) is 16.5. The van der Waals surface area contributed by atoms with Gasteiger partial charge in [0.15, 0.2) is 5.96 Å². The van der Waals surface area contributed by atoms with Crippen molar-refractivity contribution in [1.82, 2.24) is 15.5 Å². The maximum atomic E-state index is 10.6. The zero-order valence-electron chi connectivity index (χ0n) is 18.5. The Kier molecular flexibility index (Phi) is 11.1. The van der Waals surface area contributed by atoms with E-state index in [1.54, 1.807) is 0 Å². The molecule has 6 nitrogen and oxygen atoms in total. The fourth-order valence-electron chi connectivity index (χ4n) is 3.72. The van der Waals surface area contributed by atoms with Crippen LogP contribution < -0.4 is 15.4 Å². The van der Waals surface area contributed by atoms with Crippen LogP contribution in [0.15, 0.2) is 53.5 Å². The average molecular weight is 538 g/mol. The molecular formula is C24H35IN4O2. The van der Waals surface area contributed by atoms with Gasteiger partial charge in [-0.05, 0) is 37.5 Å². The van der Waals surface area contributed by atoms with Crippen molar-refractivity contribution >= 4 is 29.9 Å². The van der Waals surface area contributed by atoms with Gasteiger partial charge in [0.1, 0.15) is 5.75 Å². The van der Waals surface area contributed by atoms with Crippen LogP contribution in [0.4, 0.5) is 0 Å². The lowest BCUT2D eigenvalue weighted by Gasteiger charge is -2.30. The number of nitrogens with one attached hydrogen (secondary N) is 2. The summed E-state index contributed by atoms with van der Waals surface area (Å²) >= 11 is 0. The lowest BCUT2D eigenvalue weighted by molar-refractivity contribution is 0.108. The minimum absolute atomic E-state index is 0. The molecule has 0 radical (unpaired) electrons. The first-order chi connectivity index (χ1) is 14.7. The molecule has 0 saturated heterocycles. The second-order valence-electron chi connectivity index (χ2n) is 7.52. The number of aliphatic hydroxyl groups is 1. The standard InChI is InChI=1S/C24H34N4O2.HI/c1-3-25-24(26-15-20-10-7-8-12-23(20)30-4-2)27-16-22(29)18-28-14-13-19-9-5-6-11-21(19)17-28;/h5-12,22,29H,3-4,13-18H2,1-2H3,(H2,25,26,27);1H. The molecule has 1 unspecified atom stereocenters. The molecule has 1 atom stereocenters. The fourth-order valence-corrected chi connectivity index (χ4v) is 3.72. The van der Waals surface area contributed by atoms with E-state index in [2.05, 4.69) is 44.8 Å². The minimum atomic E-state index is -0.463. The lowest BCUT2D eigenvalue weighted by Crippen LogP contribution is -2.45. The third-order valence-corrected chi connectivity index (χ3v) is 5.21. The Morgan fingerprint density at radius 2 is 1.84 bits per heavy atom. The monoisotopic (exact) mass is 538 g/mol. The molecule has 170 valence electrons. The highest BCUT2D eigenvalue weighted by Gasteiger charge is 2.18. The number of aliphatic hydroxyl groups excluding tert-OH is 1. The molecule has 0 amide bonds. The number of ether oxygens (including phenoxy) is 1. The van der Waals surface area contributed by atoms with Gasteiger partial charge in [0.2, 0.25) is 0 Å². The third-order valence-electron chi connectivity index (χ3n) is 5.21. The molecule has 0 spiro atoms. The quantitative estimate of drug-likeness (QED) is 0.260. The number of benzene rings is 2. The van der Waals surface area contributed by atoms with Crippen molar-refractivity contribution in [2.45, 2.75) is 39.5 Å². The molecule has 0 fully saturated rings. The number of aliphatic imine (C=N–C) groups is 1. The van der Waals surface area contributed by atoms with Gasteiger partial charge in [-0.15, -0.1) is 24.0 Å². The molecule has 3 N–H and O–H groups in total. The maximum Gasteiger partial charge on any atom is 0.191 e. The molecule has 1 aliphatic heterocycles. The topological polar surface area (TPSA) is 69.1 Å². The van der Waals surface area contributed by atoms with Gasteiger partial charge in [0.25, 0.3) is 0 Å². The number of β-amino-alcohol motifs (C(OH)–C–C–N with tert-alkyl or cyclic N) is 1. The summed E-state index contributed by atoms with van der Waals surface area (Å²) in [6.45, 7) is 8.91. The smallest absolute Gasteiger partial charge is 0.191 e. The molecule has 2 aromatic rings. The number of nitrogens with zero attached hydrogens (tertiary/aromatic N) is 2. The van der Waals surface area contributed by atoms with Gasteiger partial charge in [-0.2, -0.15) is 0 Å². The molecule has 0 aromatic heterocycles. The van der Waals surface area contributed by atoms with E-state index < -0.39 is 6.10 Å². The third kappa shape index (κ3) is 7.97. The number of halogens is 1. The SMILES string of the molecule is CCNC(=NCc1ccccc1OCC)NCC(O)CN1CCc2ccccc2C1.I. The number of hydrogen-bond acceptors (Lipinski definition) is 4. The van der Waals surface area contributed by atoms with Crippen LogP contribution in [0.5, 0.6) is 5.75 Å². The van der Waals surface area contributed by atoms with Crippen LogP contribution in [0.2, 0.25) is 0 Å². The summed E-state index contributed by atoms with van der Waals surface area (Å²) in [6.07, 6.45) is 0.578. The Balaban J connectivity index is 0.00000341. The second kappa shape index (κ2) is 13.5. The summed E-state index contributed by atoms with van der Waals surface area (Å²) in [5.41, 5.74) is 3.84. The maximum absolute atomic E-state index is 10.6. The average Bonchev–Trinajstić information content (AvgIpc) is 2.76. The van der Waals surface area contributed by atoms with Crippen molar-refractivity contribution in [3.05, 3.63) is 65.2 Å². The van der Waals surface area contributed by atoms with Crippen molar-refractivity contribution in [3.8, 4) is 5.75 Å². The molecule has 2 aromatic carbocycles. The molecule has 0 bridgehead atoms. The Bertz CT molecular complexity index is 831. The summed E-state index contributed by atoms with van der Waals surface area (Å²) in [4.78, 5) is 6.98. The molecule has 31 heavy (non-hydrogen) atoms. The predicted molar refractivity (Wildman–Crippen MR) is 137 cm³/mol. The summed E-state index contributed by atoms with van der Waals surface area (Å²) in [5, 5.41) is 17.1. The Morgan fingerprint density at radius 1 is 1.10 bits per heavy atom. The first-order valence-corrected chi connectivity index (χ1v) is 10.9. The van der Waals surface area contributed by atoms with Gasteiger partial charge >= 0.3 is 0 Å². The number of guanidine groups is 1. The summed E-state index contributed by atoms with van der Waals surface area (Å²) in [5.74, 6) is 1.57. The highest BCUT2D eigenvalue weighted by molar-refractivity contribution is 14.0. The minimum Gasteiger partial charge on any atom is -0.494 e. The van der Waals surface area contributed by atoms with Crippen LogP contribution in [-0.2, 0) is 19.5 Å². The Morgan fingerprint density at radius 3 is 2.61 bits per heavy atom. The molecule has 0 aliphatic carbocycles. The molecule has 7 heteroatoms. The van der Waals surface area contributed by atoms with Crippen molar-refractivity contribution in [1.29, 1.82) is 0 Å². The summed E-state index contributed by atoms with van der Waals surface area (Å²) < 4.78 is 5.68. The van der Waals surface area contributed by atoms with Gasteiger partial charge < -0.3 is 20.5 Å². The van der Waals surface area contributed by atoms with Crippen LogP contribution >= 0.6 is 24.0 Å². The van der Waals surface area contributed by atoms with E-state index in [1.165, 1.54) is 11.1 Å². The van der Waals surface area contributed by atoms with E-state index in [0.29, 0.717) is 32.2 Å². The van der Waals surface area contributed by atoms with E-state index in [-0.39, 0.29) is 24.0 Å². The number of para-hydroxylation sites is 1. The van der Waals surface area contributed by atoms with Crippen molar-refractivity contribution in [2.75, 3.05) is 32.8 Å². The zero-order valence-corrected chi connectivity index (χ0v) is 20.8. The normalized spacial score (nSPS) is 14.9. The molecule has 3 rings (SSSR count). The van der Waals surface area contributed by atoms with Gasteiger partial charge in [0, 0.05) is 38.3 Å². The Hall–Kier alpha value is -1.84. The number of hydrogen-bond donors (Lipinski definition) is 3. The van der Waals surface area contributed by atoms with Crippen LogP contribution in [0.25, 0.3) is 0 Å². The van der Waals surface area contributed by atoms with Gasteiger partial charge in [-0.3, -0.25) is 4.90 Å².